The Morgan fingerprint density at radius 3 is 2.52 bits per heavy atom. The number of nitrogens with one attached hydrogen (secondary N) is 2. The van der Waals surface area contributed by atoms with E-state index >= 15 is 0 Å². The lowest BCUT2D eigenvalue weighted by molar-refractivity contribution is -0.121. The number of rotatable bonds is 9. The Kier molecular flexibility index (Phi) is 8.39. The van der Waals surface area contributed by atoms with E-state index in [1.54, 1.807) is 12.1 Å². The smallest absolute Gasteiger partial charge is 0.251 e. The summed E-state index contributed by atoms with van der Waals surface area (Å²) in [6.07, 6.45) is 0.0961. The fourth-order valence-electron chi connectivity index (χ4n) is 4.68. The summed E-state index contributed by atoms with van der Waals surface area (Å²) in [5.74, 6) is 0.513. The number of phenols is 2. The van der Waals surface area contributed by atoms with Crippen molar-refractivity contribution >= 4 is 29.1 Å². The fraction of sp³-hybridized carbons (Fsp3) is 0.233. The molecular formula is C30H29ClN6O5. The number of hydrogen-bond donors (Lipinski definition) is 4. The number of phenolic OH excluding ortho intramolecular Hbond substituents is 2. The molecule has 12 heteroatoms. The largest absolute Gasteiger partial charge is 0.504 e. The van der Waals surface area contributed by atoms with Crippen LogP contribution in [0.4, 0.5) is 0 Å². The predicted octanol–water partition coefficient (Wildman–Crippen LogP) is 3.87. The Balaban J connectivity index is 1.44. The Morgan fingerprint density at radius 2 is 1.79 bits per heavy atom. The van der Waals surface area contributed by atoms with Crippen molar-refractivity contribution < 1.29 is 24.5 Å². The van der Waals surface area contributed by atoms with Crippen LogP contribution in [0.3, 0.4) is 0 Å². The van der Waals surface area contributed by atoms with Gasteiger partial charge < -0.3 is 25.6 Å². The molecule has 0 saturated heterocycles. The van der Waals surface area contributed by atoms with Gasteiger partial charge in [0.05, 0.1) is 24.4 Å². The fourth-order valence-corrected chi connectivity index (χ4v) is 4.81. The number of hydrogen-bond acceptors (Lipinski definition) is 8. The van der Waals surface area contributed by atoms with Gasteiger partial charge in [0.25, 0.3) is 5.91 Å². The van der Waals surface area contributed by atoms with Crippen LogP contribution in [0.2, 0.25) is 5.02 Å². The van der Waals surface area contributed by atoms with E-state index in [0.29, 0.717) is 34.7 Å². The first-order valence-corrected chi connectivity index (χ1v) is 13.7. The van der Waals surface area contributed by atoms with Crippen molar-refractivity contribution in [3.63, 3.8) is 0 Å². The zero-order valence-electron chi connectivity index (χ0n) is 23.0. The van der Waals surface area contributed by atoms with Crippen LogP contribution in [0.15, 0.2) is 65.7 Å². The molecule has 2 amide bonds. The Hall–Kier alpha value is -4.90. The molecule has 0 bridgehead atoms. The summed E-state index contributed by atoms with van der Waals surface area (Å²) in [7, 11) is 0. The van der Waals surface area contributed by atoms with E-state index in [1.165, 1.54) is 18.2 Å². The van der Waals surface area contributed by atoms with Crippen LogP contribution in [-0.4, -0.2) is 62.2 Å². The van der Waals surface area contributed by atoms with E-state index in [4.69, 9.17) is 21.3 Å². The molecule has 42 heavy (non-hydrogen) atoms. The summed E-state index contributed by atoms with van der Waals surface area (Å²) < 4.78 is 7.89. The molecular weight excluding hydrogens is 560 g/mol. The summed E-state index contributed by atoms with van der Waals surface area (Å²) in [4.78, 5) is 30.1. The normalized spacial score (nSPS) is 13.8. The minimum atomic E-state index is -0.588. The number of amides is 2. The minimum Gasteiger partial charge on any atom is -0.504 e. The molecule has 11 nitrogen and oxygen atoms in total. The van der Waals surface area contributed by atoms with Gasteiger partial charge in [0.2, 0.25) is 5.91 Å². The molecule has 2 heterocycles. The van der Waals surface area contributed by atoms with Crippen molar-refractivity contribution in [3.05, 3.63) is 94.0 Å². The second kappa shape index (κ2) is 12.3. The van der Waals surface area contributed by atoms with Crippen molar-refractivity contribution in [2.45, 2.75) is 26.3 Å². The molecule has 0 unspecified atom stereocenters. The van der Waals surface area contributed by atoms with Gasteiger partial charge >= 0.3 is 0 Å². The molecule has 1 aliphatic heterocycles. The molecule has 216 valence electrons. The highest BCUT2D eigenvalue weighted by Gasteiger charge is 2.30. The Morgan fingerprint density at radius 1 is 1.00 bits per heavy atom. The zero-order chi connectivity index (χ0) is 29.8. The third kappa shape index (κ3) is 6.06. The highest BCUT2D eigenvalue weighted by molar-refractivity contribution is 6.30. The van der Waals surface area contributed by atoms with Gasteiger partial charge in [-0.15, -0.1) is 10.2 Å². The molecule has 0 aliphatic carbocycles. The lowest BCUT2D eigenvalue weighted by Gasteiger charge is -2.15. The van der Waals surface area contributed by atoms with Gasteiger partial charge in [0, 0.05) is 28.3 Å². The van der Waals surface area contributed by atoms with E-state index in [0.717, 1.165) is 16.8 Å². The molecule has 0 fully saturated rings. The molecule has 1 aromatic heterocycles. The lowest BCUT2D eigenvalue weighted by atomic mass is 10.00. The first kappa shape index (κ1) is 28.6. The third-order valence-corrected chi connectivity index (χ3v) is 6.91. The quantitative estimate of drug-likeness (QED) is 0.171. The molecule has 3 aromatic carbocycles. The average molecular weight is 589 g/mol. The van der Waals surface area contributed by atoms with E-state index in [2.05, 4.69) is 20.8 Å². The molecule has 0 spiro atoms. The van der Waals surface area contributed by atoms with Crippen LogP contribution in [-0.2, 0) is 4.79 Å². The summed E-state index contributed by atoms with van der Waals surface area (Å²) >= 11 is 6.18. The van der Waals surface area contributed by atoms with Crippen molar-refractivity contribution in [3.8, 4) is 22.9 Å². The summed E-state index contributed by atoms with van der Waals surface area (Å²) in [6.45, 7) is 4.57. The van der Waals surface area contributed by atoms with Crippen LogP contribution >= 0.6 is 11.6 Å². The van der Waals surface area contributed by atoms with Gasteiger partial charge in [0.1, 0.15) is 24.2 Å². The second-order valence-corrected chi connectivity index (χ2v) is 10.0. The van der Waals surface area contributed by atoms with Crippen molar-refractivity contribution in [2.24, 2.45) is 4.99 Å². The number of nitrogens with zero attached hydrogens (tertiary/aromatic N) is 4. The monoisotopic (exact) mass is 588 g/mol. The van der Waals surface area contributed by atoms with Gasteiger partial charge in [0.15, 0.2) is 17.3 Å². The number of fused-ring (bicyclic) bond motifs is 3. The average Bonchev–Trinajstić information content (AvgIpc) is 3.30. The predicted molar refractivity (Wildman–Crippen MR) is 157 cm³/mol. The van der Waals surface area contributed by atoms with Gasteiger partial charge in [-0.2, -0.15) is 0 Å². The SMILES string of the molecule is CCNC(=O)C[C@@H]1N=C(c2ccc(Cl)cc2)c2cc(OCCNC(=O)c3ccc(O)c(O)c3)ccc2-n2c(C)nnc21. The first-order valence-electron chi connectivity index (χ1n) is 13.3. The Bertz CT molecular complexity index is 1670. The molecule has 0 saturated carbocycles. The number of benzene rings is 3. The van der Waals surface area contributed by atoms with Crippen LogP contribution in [0.5, 0.6) is 17.2 Å². The van der Waals surface area contributed by atoms with Gasteiger partial charge in [-0.1, -0.05) is 23.7 Å². The summed E-state index contributed by atoms with van der Waals surface area (Å²) in [5, 5.41) is 33.9. The summed E-state index contributed by atoms with van der Waals surface area (Å²) in [5.41, 5.74) is 3.20. The zero-order valence-corrected chi connectivity index (χ0v) is 23.7. The van der Waals surface area contributed by atoms with E-state index in [-0.39, 0.29) is 42.5 Å². The molecule has 0 radical (unpaired) electrons. The first-order chi connectivity index (χ1) is 20.2. The topological polar surface area (TPSA) is 151 Å². The standard InChI is InChI=1S/C30H29ClN6O5/c1-3-32-27(40)16-23-29-36-35-17(2)37(29)24-10-9-21(15-22(24)28(34-23)18-4-7-20(31)8-5-18)42-13-12-33-30(41)19-6-11-25(38)26(39)14-19/h4-11,14-15,23,38-39H,3,12-13,16H2,1-2H3,(H,32,40)(H,33,41)/t23-/m0/s1. The maximum Gasteiger partial charge on any atom is 0.251 e. The van der Waals surface area contributed by atoms with Crippen LogP contribution < -0.4 is 15.4 Å². The number of carbonyl (C=O) groups excluding carboxylic acids is 2. The highest BCUT2D eigenvalue weighted by atomic mass is 35.5. The van der Waals surface area contributed by atoms with Crippen molar-refractivity contribution in [2.75, 3.05) is 19.7 Å². The van der Waals surface area contributed by atoms with Gasteiger partial charge in [-0.25, -0.2) is 0 Å². The molecule has 1 aliphatic rings. The van der Waals surface area contributed by atoms with Crippen LogP contribution in [0, 0.1) is 6.92 Å². The van der Waals surface area contributed by atoms with E-state index < -0.39 is 11.9 Å². The van der Waals surface area contributed by atoms with Crippen molar-refractivity contribution in [1.29, 1.82) is 0 Å². The maximum absolute atomic E-state index is 12.6. The van der Waals surface area contributed by atoms with Gasteiger partial charge in [-0.05, 0) is 62.4 Å². The molecule has 4 aromatic rings. The van der Waals surface area contributed by atoms with E-state index in [9.17, 15) is 19.8 Å². The van der Waals surface area contributed by atoms with Crippen LogP contribution in [0.1, 0.15) is 52.5 Å². The maximum atomic E-state index is 12.6. The lowest BCUT2D eigenvalue weighted by Crippen LogP contribution is -2.28. The Labute approximate surface area is 246 Å². The van der Waals surface area contributed by atoms with Crippen molar-refractivity contribution in [1.82, 2.24) is 25.4 Å². The van der Waals surface area contributed by atoms with Gasteiger partial charge in [-0.3, -0.25) is 19.1 Å². The number of ether oxygens (including phenoxy) is 1. The second-order valence-electron chi connectivity index (χ2n) is 9.59. The minimum absolute atomic E-state index is 0.0961. The molecule has 5 rings (SSSR count). The third-order valence-electron chi connectivity index (χ3n) is 6.66. The number of aliphatic imine (C=N–C) groups is 1. The number of carbonyl (C=O) groups is 2. The summed E-state index contributed by atoms with van der Waals surface area (Å²) in [6, 6.07) is 16.1. The molecule has 4 N–H and O–H groups in total. The van der Waals surface area contributed by atoms with Crippen LogP contribution in [0.25, 0.3) is 5.69 Å². The number of aromatic hydroxyl groups is 2. The number of aryl methyl sites for hydroxylation is 1. The number of halogens is 1. The highest BCUT2D eigenvalue weighted by Crippen LogP contribution is 2.34. The number of aromatic nitrogens is 3. The van der Waals surface area contributed by atoms with E-state index in [1.807, 2.05) is 48.7 Å². The molecule has 1 atom stereocenters.